The Hall–Kier alpha value is -2.85. The second kappa shape index (κ2) is 8.26. The maximum Gasteiger partial charge on any atom is 0.0607 e. The van der Waals surface area contributed by atoms with Gasteiger partial charge in [0.1, 0.15) is 0 Å². The fraction of sp³-hybridized carbons (Fsp3) is 0.320. The molecule has 1 saturated heterocycles. The highest BCUT2D eigenvalue weighted by molar-refractivity contribution is 5.73. The van der Waals surface area contributed by atoms with Crippen molar-refractivity contribution in [3.63, 3.8) is 0 Å². The smallest absolute Gasteiger partial charge is 0.0607 e. The van der Waals surface area contributed by atoms with Crippen molar-refractivity contribution in [3.8, 4) is 0 Å². The van der Waals surface area contributed by atoms with E-state index in [0.29, 0.717) is 6.04 Å². The highest BCUT2D eigenvalue weighted by Gasteiger charge is 2.32. The molecular formula is C25H28N4. The molecule has 4 nitrogen and oxygen atoms in total. The maximum absolute atomic E-state index is 4.17. The standard InChI is InChI=1S/C25H28N4/c1-2-6-21(7-3-1)18-27-16-17-29-23(20-27)12-15-28(19-22-10-13-26-14-11-22)24-8-4-5-9-25(24)29/h1-11,13-14,23H,12,15-20H2. The molecule has 148 valence electrons. The highest BCUT2D eigenvalue weighted by Crippen LogP contribution is 2.36. The number of nitrogens with zero attached hydrogens (tertiary/aromatic N) is 4. The average Bonchev–Trinajstić information content (AvgIpc) is 2.92. The van der Waals surface area contributed by atoms with Crippen LogP contribution in [0.1, 0.15) is 17.5 Å². The largest absolute Gasteiger partial charge is 0.365 e. The summed E-state index contributed by atoms with van der Waals surface area (Å²) < 4.78 is 0. The van der Waals surface area contributed by atoms with Gasteiger partial charge in [-0.1, -0.05) is 42.5 Å². The van der Waals surface area contributed by atoms with Gasteiger partial charge in [-0.05, 0) is 41.8 Å². The van der Waals surface area contributed by atoms with Crippen molar-refractivity contribution in [2.45, 2.75) is 25.6 Å². The lowest BCUT2D eigenvalue weighted by molar-refractivity contribution is 0.212. The minimum absolute atomic E-state index is 0.566. The number of para-hydroxylation sites is 2. The van der Waals surface area contributed by atoms with E-state index in [4.69, 9.17) is 0 Å². The van der Waals surface area contributed by atoms with E-state index in [9.17, 15) is 0 Å². The van der Waals surface area contributed by atoms with Crippen molar-refractivity contribution >= 4 is 11.4 Å². The molecule has 3 aromatic rings. The monoisotopic (exact) mass is 384 g/mol. The second-order valence-corrected chi connectivity index (χ2v) is 8.12. The van der Waals surface area contributed by atoms with Gasteiger partial charge in [0.25, 0.3) is 0 Å². The van der Waals surface area contributed by atoms with Gasteiger partial charge in [-0.2, -0.15) is 0 Å². The third kappa shape index (κ3) is 3.99. The van der Waals surface area contributed by atoms with Gasteiger partial charge in [0.05, 0.1) is 11.4 Å². The molecule has 0 aliphatic carbocycles. The zero-order chi connectivity index (χ0) is 19.5. The molecule has 2 aliphatic rings. The Balaban J connectivity index is 1.36. The summed E-state index contributed by atoms with van der Waals surface area (Å²) in [4.78, 5) is 12.0. The number of anilines is 2. The van der Waals surface area contributed by atoms with Gasteiger partial charge in [-0.3, -0.25) is 9.88 Å². The summed E-state index contributed by atoms with van der Waals surface area (Å²) in [5.41, 5.74) is 5.49. The van der Waals surface area contributed by atoms with Crippen LogP contribution in [0.4, 0.5) is 11.4 Å². The van der Waals surface area contributed by atoms with Gasteiger partial charge in [0.2, 0.25) is 0 Å². The van der Waals surface area contributed by atoms with Crippen LogP contribution in [0, 0.1) is 0 Å². The van der Waals surface area contributed by atoms with Crippen molar-refractivity contribution in [2.75, 3.05) is 36.0 Å². The predicted molar refractivity (Wildman–Crippen MR) is 119 cm³/mol. The van der Waals surface area contributed by atoms with Crippen LogP contribution in [-0.2, 0) is 13.1 Å². The Morgan fingerprint density at radius 3 is 2.28 bits per heavy atom. The molecule has 0 N–H and O–H groups in total. The lowest BCUT2D eigenvalue weighted by Crippen LogP contribution is -2.52. The number of hydrogen-bond acceptors (Lipinski definition) is 4. The molecule has 2 aromatic carbocycles. The van der Waals surface area contributed by atoms with Gasteiger partial charge in [0.15, 0.2) is 0 Å². The molecule has 1 aromatic heterocycles. The molecule has 4 heteroatoms. The molecule has 29 heavy (non-hydrogen) atoms. The summed E-state index contributed by atoms with van der Waals surface area (Å²) in [5.74, 6) is 0. The number of pyridine rings is 1. The zero-order valence-corrected chi connectivity index (χ0v) is 16.8. The zero-order valence-electron chi connectivity index (χ0n) is 16.8. The summed E-state index contributed by atoms with van der Waals surface area (Å²) in [6, 6.07) is 24.6. The summed E-state index contributed by atoms with van der Waals surface area (Å²) in [6.45, 7) is 6.41. The highest BCUT2D eigenvalue weighted by atomic mass is 15.3. The normalized spacial score (nSPS) is 19.4. The number of hydrogen-bond donors (Lipinski definition) is 0. The molecule has 1 unspecified atom stereocenters. The van der Waals surface area contributed by atoms with Crippen LogP contribution < -0.4 is 9.80 Å². The average molecular weight is 385 g/mol. The molecule has 1 fully saturated rings. The van der Waals surface area contributed by atoms with E-state index in [2.05, 4.69) is 86.4 Å². The Morgan fingerprint density at radius 2 is 1.45 bits per heavy atom. The maximum atomic E-state index is 4.17. The Bertz CT molecular complexity index is 928. The molecule has 0 bridgehead atoms. The van der Waals surface area contributed by atoms with E-state index in [1.165, 1.54) is 28.9 Å². The SMILES string of the molecule is c1ccc(CN2CCN3c4ccccc4N(Cc4ccncc4)CCC3C2)cc1. The lowest BCUT2D eigenvalue weighted by Gasteiger charge is -2.42. The van der Waals surface area contributed by atoms with Crippen LogP contribution in [0.5, 0.6) is 0 Å². The third-order valence-electron chi connectivity index (χ3n) is 6.20. The molecule has 1 atom stereocenters. The molecule has 2 aliphatic heterocycles. The van der Waals surface area contributed by atoms with Crippen molar-refractivity contribution in [2.24, 2.45) is 0 Å². The summed E-state index contributed by atoms with van der Waals surface area (Å²) >= 11 is 0. The van der Waals surface area contributed by atoms with E-state index in [1.54, 1.807) is 0 Å². The van der Waals surface area contributed by atoms with Crippen LogP contribution in [0.15, 0.2) is 79.1 Å². The van der Waals surface area contributed by atoms with Gasteiger partial charge in [0, 0.05) is 57.7 Å². The number of benzene rings is 2. The van der Waals surface area contributed by atoms with Gasteiger partial charge in [-0.15, -0.1) is 0 Å². The Morgan fingerprint density at radius 1 is 0.724 bits per heavy atom. The quantitative estimate of drug-likeness (QED) is 0.673. The number of piperazine rings is 1. The van der Waals surface area contributed by atoms with Crippen molar-refractivity contribution in [1.29, 1.82) is 0 Å². The minimum atomic E-state index is 0.566. The van der Waals surface area contributed by atoms with E-state index >= 15 is 0 Å². The first-order valence-corrected chi connectivity index (χ1v) is 10.6. The fourth-order valence-corrected chi connectivity index (χ4v) is 4.74. The van der Waals surface area contributed by atoms with E-state index in [0.717, 1.165) is 39.3 Å². The summed E-state index contributed by atoms with van der Waals surface area (Å²) in [5, 5.41) is 0. The fourth-order valence-electron chi connectivity index (χ4n) is 4.74. The van der Waals surface area contributed by atoms with Gasteiger partial charge in [-0.25, -0.2) is 0 Å². The number of rotatable bonds is 4. The van der Waals surface area contributed by atoms with Crippen LogP contribution in [0.25, 0.3) is 0 Å². The van der Waals surface area contributed by atoms with E-state index in [1.807, 2.05) is 12.4 Å². The number of fused-ring (bicyclic) bond motifs is 3. The lowest BCUT2D eigenvalue weighted by atomic mass is 10.1. The van der Waals surface area contributed by atoms with Crippen molar-refractivity contribution in [3.05, 3.63) is 90.3 Å². The van der Waals surface area contributed by atoms with Crippen LogP contribution in [0.3, 0.4) is 0 Å². The summed E-state index contributed by atoms with van der Waals surface area (Å²) in [7, 11) is 0. The van der Waals surface area contributed by atoms with E-state index < -0.39 is 0 Å². The van der Waals surface area contributed by atoms with Gasteiger partial charge >= 0.3 is 0 Å². The van der Waals surface area contributed by atoms with Crippen molar-refractivity contribution < 1.29 is 0 Å². The predicted octanol–water partition coefficient (Wildman–Crippen LogP) is 4.18. The molecule has 0 saturated carbocycles. The van der Waals surface area contributed by atoms with Crippen LogP contribution in [-0.4, -0.2) is 42.1 Å². The van der Waals surface area contributed by atoms with E-state index in [-0.39, 0.29) is 0 Å². The summed E-state index contributed by atoms with van der Waals surface area (Å²) in [6.07, 6.45) is 4.97. The third-order valence-corrected chi connectivity index (χ3v) is 6.20. The Labute approximate surface area is 173 Å². The Kier molecular flexibility index (Phi) is 5.18. The van der Waals surface area contributed by atoms with Crippen LogP contribution in [0.2, 0.25) is 0 Å². The molecular weight excluding hydrogens is 356 g/mol. The van der Waals surface area contributed by atoms with Crippen molar-refractivity contribution in [1.82, 2.24) is 9.88 Å². The number of aromatic nitrogens is 1. The molecule has 3 heterocycles. The van der Waals surface area contributed by atoms with Crippen LogP contribution >= 0.6 is 0 Å². The molecule has 5 rings (SSSR count). The molecule has 0 spiro atoms. The molecule has 0 amide bonds. The first-order chi connectivity index (χ1) is 14.4. The first-order valence-electron chi connectivity index (χ1n) is 10.6. The first kappa shape index (κ1) is 18.2. The minimum Gasteiger partial charge on any atom is -0.365 e. The topological polar surface area (TPSA) is 22.6 Å². The molecule has 0 radical (unpaired) electrons. The second-order valence-electron chi connectivity index (χ2n) is 8.12. The van der Waals surface area contributed by atoms with Gasteiger partial charge < -0.3 is 9.80 Å².